The van der Waals surface area contributed by atoms with Gasteiger partial charge in [0.15, 0.2) is 12.1 Å². The lowest BCUT2D eigenvalue weighted by atomic mass is 10.0. The molecular formula is C33H34IN3O3S. The quantitative estimate of drug-likeness (QED) is 0.121. The minimum atomic E-state index is -0.573. The molecule has 41 heavy (non-hydrogen) atoms. The highest BCUT2D eigenvalue weighted by Crippen LogP contribution is 2.43. The fraction of sp³-hybridized carbons (Fsp3) is 0.303. The van der Waals surface area contributed by atoms with Gasteiger partial charge in [-0.15, -0.1) is 11.8 Å². The Bertz CT molecular complexity index is 1390. The second kappa shape index (κ2) is 12.9. The van der Waals surface area contributed by atoms with Crippen molar-refractivity contribution in [1.82, 2.24) is 4.90 Å². The summed E-state index contributed by atoms with van der Waals surface area (Å²) >= 11 is 1.70. The van der Waals surface area contributed by atoms with Crippen molar-refractivity contribution in [3.05, 3.63) is 119 Å². The van der Waals surface area contributed by atoms with Crippen LogP contribution in [-0.4, -0.2) is 71.3 Å². The van der Waals surface area contributed by atoms with E-state index >= 15 is 0 Å². The number of halogens is 1. The van der Waals surface area contributed by atoms with Gasteiger partial charge < -0.3 is 33.2 Å². The SMILES string of the molecule is C[N+]1(CC2=C(C(=O)OC(c3ccccc3)c3ccccc3)N3C(=O)C(N=Cc4ccccc4)[C@H]3SC2)CCCC1.[I-]. The van der Waals surface area contributed by atoms with Gasteiger partial charge in [0, 0.05) is 30.4 Å². The van der Waals surface area contributed by atoms with Gasteiger partial charge in [-0.05, 0) is 16.7 Å². The standard InChI is InChI=1S/C33H34N3O3S.HI/c1-36(19-11-12-20-36)22-27-23-40-32-28(34-21-24-13-5-2-6-14-24)31(37)35(32)29(27)33(38)39-30(25-15-7-3-8-16-25)26-17-9-4-10-18-26;/h2-10,13-18,21,28,30,32H,11-12,19-20,22-23H2,1H3;1H/q+1;/p-1/t28?,32-;/m1./s1. The molecule has 8 heteroatoms. The fourth-order valence-electron chi connectivity index (χ4n) is 5.95. The minimum Gasteiger partial charge on any atom is -1.00 e. The van der Waals surface area contributed by atoms with Crippen LogP contribution in [0.1, 0.15) is 35.6 Å². The lowest BCUT2D eigenvalue weighted by molar-refractivity contribution is -0.893. The van der Waals surface area contributed by atoms with E-state index in [1.54, 1.807) is 22.9 Å². The average Bonchev–Trinajstić information content (AvgIpc) is 3.43. The van der Waals surface area contributed by atoms with E-state index in [9.17, 15) is 9.59 Å². The van der Waals surface area contributed by atoms with Gasteiger partial charge in [0.05, 0.1) is 20.1 Å². The predicted molar refractivity (Wildman–Crippen MR) is 159 cm³/mol. The normalized spacial score (nSPS) is 21.4. The van der Waals surface area contributed by atoms with Crippen molar-refractivity contribution in [2.45, 2.75) is 30.4 Å². The van der Waals surface area contributed by atoms with Crippen molar-refractivity contribution in [1.29, 1.82) is 0 Å². The summed E-state index contributed by atoms with van der Waals surface area (Å²) in [5.41, 5.74) is 4.15. The molecule has 0 aromatic heterocycles. The van der Waals surface area contributed by atoms with Gasteiger partial charge in [-0.25, -0.2) is 4.79 Å². The number of thioether (sulfide) groups is 1. The first-order valence-corrected chi connectivity index (χ1v) is 15.0. The third kappa shape index (κ3) is 6.29. The van der Waals surface area contributed by atoms with Crippen molar-refractivity contribution >= 4 is 29.9 Å². The predicted octanol–water partition coefficient (Wildman–Crippen LogP) is 2.22. The average molecular weight is 680 g/mol. The van der Waals surface area contributed by atoms with Gasteiger partial charge in [-0.3, -0.25) is 14.7 Å². The molecule has 0 aliphatic carbocycles. The van der Waals surface area contributed by atoms with Crippen LogP contribution in [0.25, 0.3) is 0 Å². The highest BCUT2D eigenvalue weighted by atomic mass is 127. The molecule has 0 bridgehead atoms. The Balaban J connectivity index is 0.00000337. The van der Waals surface area contributed by atoms with E-state index in [1.165, 1.54) is 12.8 Å². The number of hydrogen-bond acceptors (Lipinski definition) is 5. The Labute approximate surface area is 263 Å². The molecule has 3 aromatic rings. The number of ether oxygens (including phenoxy) is 1. The maximum Gasteiger partial charge on any atom is 0.356 e. The molecular weight excluding hydrogens is 645 g/mol. The summed E-state index contributed by atoms with van der Waals surface area (Å²) in [6.07, 6.45) is 3.55. The van der Waals surface area contributed by atoms with E-state index in [-0.39, 0.29) is 35.3 Å². The summed E-state index contributed by atoms with van der Waals surface area (Å²) < 4.78 is 7.19. The molecule has 0 N–H and O–H groups in total. The molecule has 6 rings (SSSR count). The third-order valence-electron chi connectivity index (χ3n) is 8.04. The number of benzene rings is 3. The molecule has 0 spiro atoms. The second-order valence-electron chi connectivity index (χ2n) is 11.0. The summed E-state index contributed by atoms with van der Waals surface area (Å²) in [7, 11) is 2.25. The molecule has 2 fully saturated rings. The topological polar surface area (TPSA) is 59.0 Å². The number of β-lactam (4-membered cyclic amide) rings is 1. The van der Waals surface area contributed by atoms with E-state index in [0.29, 0.717) is 11.4 Å². The van der Waals surface area contributed by atoms with Crippen molar-refractivity contribution in [2.24, 2.45) is 4.99 Å². The highest BCUT2D eigenvalue weighted by molar-refractivity contribution is 8.00. The van der Waals surface area contributed by atoms with Crippen molar-refractivity contribution in [2.75, 3.05) is 32.4 Å². The van der Waals surface area contributed by atoms with E-state index in [1.807, 2.05) is 91.0 Å². The number of likely N-dealkylation sites (tertiary alicyclic amines) is 1. The van der Waals surface area contributed by atoms with Crippen molar-refractivity contribution in [3.63, 3.8) is 0 Å². The molecule has 2 atom stereocenters. The minimum absolute atomic E-state index is 0. The first kappa shape index (κ1) is 29.5. The first-order valence-electron chi connectivity index (χ1n) is 13.9. The molecule has 3 heterocycles. The molecule has 0 radical (unpaired) electrons. The van der Waals surface area contributed by atoms with Gasteiger partial charge in [-0.2, -0.15) is 0 Å². The molecule has 3 aromatic carbocycles. The highest BCUT2D eigenvalue weighted by Gasteiger charge is 2.54. The summed E-state index contributed by atoms with van der Waals surface area (Å²) in [5.74, 6) is 0.0994. The molecule has 212 valence electrons. The van der Waals surface area contributed by atoms with Gasteiger partial charge in [-0.1, -0.05) is 91.0 Å². The zero-order valence-electron chi connectivity index (χ0n) is 23.1. The third-order valence-corrected chi connectivity index (χ3v) is 9.37. The number of carbonyl (C=O) groups is 2. The summed E-state index contributed by atoms with van der Waals surface area (Å²) in [4.78, 5) is 34.0. The molecule has 6 nitrogen and oxygen atoms in total. The van der Waals surface area contributed by atoms with Crippen LogP contribution in [0.3, 0.4) is 0 Å². The lowest BCUT2D eigenvalue weighted by Gasteiger charge is -2.48. The van der Waals surface area contributed by atoms with E-state index in [0.717, 1.165) is 46.4 Å². The zero-order valence-corrected chi connectivity index (χ0v) is 26.0. The molecule has 1 amide bonds. The number of quaternary nitrogens is 1. The summed E-state index contributed by atoms with van der Waals surface area (Å²) in [5, 5.41) is -0.213. The van der Waals surface area contributed by atoms with Crippen LogP contribution in [0.2, 0.25) is 0 Å². The molecule has 2 saturated heterocycles. The van der Waals surface area contributed by atoms with Crippen molar-refractivity contribution < 1.29 is 42.8 Å². The number of aliphatic imine (C=N–C) groups is 1. The maximum atomic E-state index is 14.1. The van der Waals surface area contributed by atoms with Crippen LogP contribution in [-0.2, 0) is 14.3 Å². The van der Waals surface area contributed by atoms with Crippen LogP contribution in [0.5, 0.6) is 0 Å². The zero-order chi connectivity index (χ0) is 27.5. The van der Waals surface area contributed by atoms with E-state index in [4.69, 9.17) is 4.74 Å². The fourth-order valence-corrected chi connectivity index (χ4v) is 7.27. The van der Waals surface area contributed by atoms with Crippen LogP contribution < -0.4 is 24.0 Å². The van der Waals surface area contributed by atoms with Gasteiger partial charge in [0.2, 0.25) is 0 Å². The van der Waals surface area contributed by atoms with Gasteiger partial charge in [0.1, 0.15) is 17.6 Å². The Morgan fingerprint density at radius 2 is 1.54 bits per heavy atom. The monoisotopic (exact) mass is 679 g/mol. The van der Waals surface area contributed by atoms with E-state index in [2.05, 4.69) is 12.0 Å². The molecule has 3 aliphatic heterocycles. The Morgan fingerprint density at radius 3 is 2.12 bits per heavy atom. The van der Waals surface area contributed by atoms with Gasteiger partial charge in [0.25, 0.3) is 5.91 Å². The van der Waals surface area contributed by atoms with Crippen LogP contribution in [0.4, 0.5) is 0 Å². The molecule has 0 saturated carbocycles. The lowest BCUT2D eigenvalue weighted by Crippen LogP contribution is -3.00. The van der Waals surface area contributed by atoms with Crippen LogP contribution in [0, 0.1) is 0 Å². The first-order chi connectivity index (χ1) is 19.5. The summed E-state index contributed by atoms with van der Waals surface area (Å²) in [6.45, 7) is 2.90. The van der Waals surface area contributed by atoms with E-state index < -0.39 is 18.1 Å². The Kier molecular flexibility index (Phi) is 9.31. The number of rotatable bonds is 8. The number of carbonyl (C=O) groups excluding carboxylic acids is 2. The second-order valence-corrected chi connectivity index (χ2v) is 12.1. The number of likely N-dealkylation sites (N-methyl/N-ethyl adjacent to an activating group) is 1. The maximum absolute atomic E-state index is 14.1. The number of amides is 1. The largest absolute Gasteiger partial charge is 1.00 e. The smallest absolute Gasteiger partial charge is 0.356 e. The van der Waals surface area contributed by atoms with Gasteiger partial charge >= 0.3 is 5.97 Å². The molecule has 1 unspecified atom stereocenters. The number of esters is 1. The van der Waals surface area contributed by atoms with Crippen LogP contribution >= 0.6 is 11.8 Å². The van der Waals surface area contributed by atoms with Crippen molar-refractivity contribution in [3.8, 4) is 0 Å². The Morgan fingerprint density at radius 1 is 0.976 bits per heavy atom. The number of nitrogens with zero attached hydrogens (tertiary/aromatic N) is 3. The molecule has 3 aliphatic rings. The number of fused-ring (bicyclic) bond motifs is 1. The van der Waals surface area contributed by atoms with Crippen LogP contribution in [0.15, 0.2) is 107 Å². The summed E-state index contributed by atoms with van der Waals surface area (Å²) in [6, 6.07) is 28.9. The Hall–Kier alpha value is -2.95. The number of hydrogen-bond donors (Lipinski definition) is 0.